The molecule has 2 aliphatic rings. The minimum absolute atomic E-state index is 0.447. The van der Waals surface area contributed by atoms with Crippen LogP contribution in [-0.4, -0.2) is 34.8 Å². The molecule has 1 atom stereocenters. The Balaban J connectivity index is 1.80. The summed E-state index contributed by atoms with van der Waals surface area (Å²) >= 11 is 6.15. The van der Waals surface area contributed by atoms with Crippen LogP contribution in [0.4, 0.5) is 5.82 Å². The van der Waals surface area contributed by atoms with Gasteiger partial charge < -0.3 is 5.32 Å². The van der Waals surface area contributed by atoms with Crippen LogP contribution in [0.15, 0.2) is 24.3 Å². The highest BCUT2D eigenvalue weighted by atomic mass is 35.5. The Morgan fingerprint density at radius 2 is 2.23 bits per heavy atom. The number of rotatable bonds is 2. The Hall–Kier alpha value is -1.52. The molecule has 0 spiro atoms. The molecule has 3 heterocycles. The quantitative estimate of drug-likeness (QED) is 0.918. The van der Waals surface area contributed by atoms with Gasteiger partial charge in [0.1, 0.15) is 5.82 Å². The van der Waals surface area contributed by atoms with Crippen molar-refractivity contribution in [1.82, 2.24) is 14.7 Å². The van der Waals surface area contributed by atoms with Crippen LogP contribution >= 0.6 is 11.6 Å². The molecule has 2 aromatic rings. The molecule has 1 aromatic heterocycles. The second-order valence-corrected chi connectivity index (χ2v) is 6.71. The van der Waals surface area contributed by atoms with Crippen molar-refractivity contribution >= 4 is 17.4 Å². The lowest BCUT2D eigenvalue weighted by atomic mass is 9.97. The van der Waals surface area contributed by atoms with Crippen LogP contribution in [0, 0.1) is 0 Å². The van der Waals surface area contributed by atoms with Crippen LogP contribution < -0.4 is 5.32 Å². The summed E-state index contributed by atoms with van der Waals surface area (Å²) < 4.78 is 2.03. The SMILES string of the molecule is CN1CCCCC1c1nn(-c2cccc(Cl)c2)c2c1CCN2. The summed E-state index contributed by atoms with van der Waals surface area (Å²) in [6.07, 6.45) is 4.86. The first-order chi connectivity index (χ1) is 10.7. The number of piperidine rings is 1. The molecule has 2 aliphatic heterocycles. The molecule has 116 valence electrons. The lowest BCUT2D eigenvalue weighted by Crippen LogP contribution is -2.30. The third kappa shape index (κ3) is 2.31. The van der Waals surface area contributed by atoms with Gasteiger partial charge in [-0.1, -0.05) is 24.1 Å². The topological polar surface area (TPSA) is 33.1 Å². The number of nitrogens with zero attached hydrogens (tertiary/aromatic N) is 3. The summed E-state index contributed by atoms with van der Waals surface area (Å²) in [7, 11) is 2.22. The second-order valence-electron chi connectivity index (χ2n) is 6.27. The zero-order chi connectivity index (χ0) is 15.1. The standard InChI is InChI=1S/C17H21ClN4/c1-21-10-3-2-7-15(21)16-14-8-9-19-17(14)22(20-16)13-6-4-5-12(18)11-13/h4-6,11,15,19H,2-3,7-10H2,1H3. The largest absolute Gasteiger partial charge is 0.369 e. The van der Waals surface area contributed by atoms with E-state index in [1.165, 1.54) is 30.5 Å². The average Bonchev–Trinajstić information content (AvgIpc) is 3.10. The first kappa shape index (κ1) is 14.1. The van der Waals surface area contributed by atoms with Gasteiger partial charge >= 0.3 is 0 Å². The molecule has 0 amide bonds. The fraction of sp³-hybridized carbons (Fsp3) is 0.471. The van der Waals surface area contributed by atoms with Crippen LogP contribution in [0.2, 0.25) is 5.02 Å². The Morgan fingerprint density at radius 3 is 3.05 bits per heavy atom. The molecule has 0 radical (unpaired) electrons. The molecule has 0 bridgehead atoms. The second kappa shape index (κ2) is 5.60. The van der Waals surface area contributed by atoms with E-state index in [0.29, 0.717) is 6.04 Å². The van der Waals surface area contributed by atoms with Crippen molar-refractivity contribution in [3.05, 3.63) is 40.5 Å². The summed E-state index contributed by atoms with van der Waals surface area (Å²) in [6, 6.07) is 8.37. The molecule has 1 saturated heterocycles. The number of benzene rings is 1. The maximum atomic E-state index is 6.15. The van der Waals surface area contributed by atoms with Crippen molar-refractivity contribution in [1.29, 1.82) is 0 Å². The van der Waals surface area contributed by atoms with E-state index < -0.39 is 0 Å². The Labute approximate surface area is 136 Å². The van der Waals surface area contributed by atoms with Gasteiger partial charge in [-0.15, -0.1) is 0 Å². The number of aromatic nitrogens is 2. The highest BCUT2D eigenvalue weighted by Crippen LogP contribution is 2.37. The van der Waals surface area contributed by atoms with Gasteiger partial charge in [0.05, 0.1) is 17.4 Å². The van der Waals surface area contributed by atoms with Crippen molar-refractivity contribution in [3.8, 4) is 5.69 Å². The normalized spacial score (nSPS) is 21.6. The van der Waals surface area contributed by atoms with Gasteiger partial charge in [0.2, 0.25) is 0 Å². The van der Waals surface area contributed by atoms with E-state index >= 15 is 0 Å². The van der Waals surface area contributed by atoms with Crippen LogP contribution in [0.3, 0.4) is 0 Å². The van der Waals surface area contributed by atoms with Crippen LogP contribution in [0.1, 0.15) is 36.6 Å². The van der Waals surface area contributed by atoms with Gasteiger partial charge in [-0.25, -0.2) is 4.68 Å². The first-order valence-electron chi connectivity index (χ1n) is 8.06. The van der Waals surface area contributed by atoms with Gasteiger partial charge in [-0.2, -0.15) is 5.10 Å². The third-order valence-corrected chi connectivity index (χ3v) is 5.06. The summed E-state index contributed by atoms with van der Waals surface area (Å²) in [5, 5.41) is 9.22. The fourth-order valence-corrected chi connectivity index (χ4v) is 3.87. The monoisotopic (exact) mass is 316 g/mol. The molecule has 4 rings (SSSR count). The molecule has 1 unspecified atom stereocenters. The predicted octanol–water partition coefficient (Wildman–Crippen LogP) is 3.65. The van der Waals surface area contributed by atoms with Gasteiger partial charge in [0.15, 0.2) is 0 Å². The van der Waals surface area contributed by atoms with Crippen molar-refractivity contribution < 1.29 is 0 Å². The molecule has 1 N–H and O–H groups in total. The van der Waals surface area contributed by atoms with Crippen LogP contribution in [0.25, 0.3) is 5.69 Å². The van der Waals surface area contributed by atoms with Gasteiger partial charge in [-0.3, -0.25) is 4.90 Å². The van der Waals surface area contributed by atoms with Gasteiger partial charge in [0, 0.05) is 17.1 Å². The van der Waals surface area contributed by atoms with E-state index in [0.717, 1.165) is 36.0 Å². The van der Waals surface area contributed by atoms with E-state index in [-0.39, 0.29) is 0 Å². The summed E-state index contributed by atoms with van der Waals surface area (Å²) in [5.41, 5.74) is 3.67. The summed E-state index contributed by atoms with van der Waals surface area (Å²) in [5.74, 6) is 1.15. The molecule has 1 fully saturated rings. The van der Waals surface area contributed by atoms with Crippen molar-refractivity contribution in [2.45, 2.75) is 31.7 Å². The molecule has 1 aromatic carbocycles. The summed E-state index contributed by atoms with van der Waals surface area (Å²) in [4.78, 5) is 2.45. The zero-order valence-corrected chi connectivity index (χ0v) is 13.6. The maximum Gasteiger partial charge on any atom is 0.133 e. The molecular formula is C17H21ClN4. The minimum Gasteiger partial charge on any atom is -0.369 e. The average molecular weight is 317 g/mol. The predicted molar refractivity (Wildman–Crippen MR) is 90.0 cm³/mol. The van der Waals surface area contributed by atoms with E-state index in [1.54, 1.807) is 0 Å². The number of hydrogen-bond acceptors (Lipinski definition) is 3. The molecule has 0 aliphatic carbocycles. The molecule has 0 saturated carbocycles. The Kier molecular flexibility index (Phi) is 3.59. The number of nitrogens with one attached hydrogen (secondary N) is 1. The van der Waals surface area contributed by atoms with Crippen LogP contribution in [0.5, 0.6) is 0 Å². The number of fused-ring (bicyclic) bond motifs is 1. The van der Waals surface area contributed by atoms with Crippen LogP contribution in [-0.2, 0) is 6.42 Å². The summed E-state index contributed by atoms with van der Waals surface area (Å²) in [6.45, 7) is 2.16. The lowest BCUT2D eigenvalue weighted by Gasteiger charge is -2.31. The minimum atomic E-state index is 0.447. The smallest absolute Gasteiger partial charge is 0.133 e. The number of anilines is 1. The highest BCUT2D eigenvalue weighted by molar-refractivity contribution is 6.30. The van der Waals surface area contributed by atoms with E-state index in [9.17, 15) is 0 Å². The third-order valence-electron chi connectivity index (χ3n) is 4.82. The number of likely N-dealkylation sites (tertiary alicyclic amines) is 1. The van der Waals surface area contributed by atoms with E-state index in [2.05, 4.69) is 23.3 Å². The lowest BCUT2D eigenvalue weighted by molar-refractivity contribution is 0.182. The fourth-order valence-electron chi connectivity index (χ4n) is 3.68. The zero-order valence-electron chi connectivity index (χ0n) is 12.8. The van der Waals surface area contributed by atoms with Crippen molar-refractivity contribution in [2.75, 3.05) is 25.5 Å². The number of halogens is 1. The van der Waals surface area contributed by atoms with E-state index in [4.69, 9.17) is 16.7 Å². The first-order valence-corrected chi connectivity index (χ1v) is 8.43. The molecule has 4 nitrogen and oxygen atoms in total. The van der Waals surface area contributed by atoms with Crippen molar-refractivity contribution in [3.63, 3.8) is 0 Å². The van der Waals surface area contributed by atoms with Gasteiger partial charge in [0.25, 0.3) is 0 Å². The molecule has 22 heavy (non-hydrogen) atoms. The van der Waals surface area contributed by atoms with E-state index in [1.807, 2.05) is 22.9 Å². The Morgan fingerprint density at radius 1 is 1.32 bits per heavy atom. The molecule has 5 heteroatoms. The number of hydrogen-bond donors (Lipinski definition) is 1. The highest BCUT2D eigenvalue weighted by Gasteiger charge is 2.31. The Bertz CT molecular complexity index is 694. The maximum absolute atomic E-state index is 6.15. The van der Waals surface area contributed by atoms with Crippen molar-refractivity contribution in [2.24, 2.45) is 0 Å². The molecular weight excluding hydrogens is 296 g/mol. The van der Waals surface area contributed by atoms with Gasteiger partial charge in [-0.05, 0) is 51.1 Å².